The highest BCUT2D eigenvalue weighted by atomic mass is 16.5. The van der Waals surface area contributed by atoms with Gasteiger partial charge in [-0.2, -0.15) is 0 Å². The first-order valence-corrected chi connectivity index (χ1v) is 5.22. The van der Waals surface area contributed by atoms with Crippen molar-refractivity contribution in [3.8, 4) is 0 Å². The number of likely N-dealkylation sites (tertiary alicyclic amines) is 1. The predicted molar refractivity (Wildman–Crippen MR) is 52.9 cm³/mol. The molecule has 1 N–H and O–H groups in total. The highest BCUT2D eigenvalue weighted by Crippen LogP contribution is 2.12. The lowest BCUT2D eigenvalue weighted by Gasteiger charge is -2.29. The van der Waals surface area contributed by atoms with Gasteiger partial charge in [-0.05, 0) is 19.3 Å². The minimum atomic E-state index is -0.460. The van der Waals surface area contributed by atoms with Gasteiger partial charge in [-0.15, -0.1) is 0 Å². The molecular formula is C10H19NO3. The summed E-state index contributed by atoms with van der Waals surface area (Å²) in [4.78, 5) is 13.6. The molecular weight excluding hydrogens is 182 g/mol. The summed E-state index contributed by atoms with van der Waals surface area (Å²) < 4.78 is 5.05. The van der Waals surface area contributed by atoms with E-state index in [1.807, 2.05) is 4.90 Å². The molecule has 0 aromatic carbocycles. The number of amides is 1. The summed E-state index contributed by atoms with van der Waals surface area (Å²) in [7, 11) is 1.52. The molecule has 1 aliphatic heterocycles. The number of carbonyl (C=O) groups excluding carboxylic acids is 1. The van der Waals surface area contributed by atoms with Gasteiger partial charge in [0.15, 0.2) is 0 Å². The Kier molecular flexibility index (Phi) is 4.90. The monoisotopic (exact) mass is 201 g/mol. The molecule has 0 aliphatic carbocycles. The van der Waals surface area contributed by atoms with E-state index in [1.54, 1.807) is 0 Å². The van der Waals surface area contributed by atoms with Crippen molar-refractivity contribution in [1.29, 1.82) is 0 Å². The van der Waals surface area contributed by atoms with E-state index in [4.69, 9.17) is 9.84 Å². The number of ether oxygens (including phenoxy) is 1. The molecule has 1 heterocycles. The van der Waals surface area contributed by atoms with Gasteiger partial charge in [0.1, 0.15) is 6.10 Å². The number of hydrogen-bond donors (Lipinski definition) is 1. The molecule has 0 aromatic rings. The molecule has 0 unspecified atom stereocenters. The second-order valence-corrected chi connectivity index (χ2v) is 3.62. The van der Waals surface area contributed by atoms with E-state index in [-0.39, 0.29) is 12.5 Å². The minimum absolute atomic E-state index is 0.00190. The Morgan fingerprint density at radius 3 is 2.57 bits per heavy atom. The van der Waals surface area contributed by atoms with Crippen LogP contribution < -0.4 is 0 Å². The third-order valence-corrected chi connectivity index (χ3v) is 2.62. The van der Waals surface area contributed by atoms with Gasteiger partial charge in [0.2, 0.25) is 0 Å². The van der Waals surface area contributed by atoms with E-state index in [1.165, 1.54) is 13.5 Å². The van der Waals surface area contributed by atoms with Crippen molar-refractivity contribution in [1.82, 2.24) is 4.90 Å². The van der Waals surface area contributed by atoms with E-state index >= 15 is 0 Å². The van der Waals surface area contributed by atoms with Crippen LogP contribution in [0.2, 0.25) is 0 Å². The lowest BCUT2D eigenvalue weighted by Crippen LogP contribution is -2.43. The number of hydrogen-bond acceptors (Lipinski definition) is 3. The highest BCUT2D eigenvalue weighted by molar-refractivity contribution is 5.81. The summed E-state index contributed by atoms with van der Waals surface area (Å²) in [6, 6.07) is 0. The van der Waals surface area contributed by atoms with Gasteiger partial charge >= 0.3 is 0 Å². The van der Waals surface area contributed by atoms with Gasteiger partial charge in [0, 0.05) is 33.2 Å². The fourth-order valence-corrected chi connectivity index (χ4v) is 1.78. The molecule has 1 atom stereocenters. The van der Waals surface area contributed by atoms with Crippen molar-refractivity contribution in [2.75, 3.05) is 26.8 Å². The quantitative estimate of drug-likeness (QED) is 0.716. The van der Waals surface area contributed by atoms with Crippen molar-refractivity contribution in [3.63, 3.8) is 0 Å². The molecule has 0 bridgehead atoms. The van der Waals surface area contributed by atoms with Crippen LogP contribution >= 0.6 is 0 Å². The van der Waals surface area contributed by atoms with Gasteiger partial charge < -0.3 is 14.7 Å². The zero-order valence-corrected chi connectivity index (χ0v) is 8.74. The third kappa shape index (κ3) is 2.96. The van der Waals surface area contributed by atoms with Crippen LogP contribution in [0.25, 0.3) is 0 Å². The predicted octanol–water partition coefficient (Wildman–Crippen LogP) is 0.396. The molecule has 0 spiro atoms. The van der Waals surface area contributed by atoms with E-state index in [2.05, 4.69) is 0 Å². The molecule has 1 saturated heterocycles. The average molecular weight is 201 g/mol. The van der Waals surface area contributed by atoms with Crippen LogP contribution in [0, 0.1) is 0 Å². The van der Waals surface area contributed by atoms with Gasteiger partial charge in [0.25, 0.3) is 5.91 Å². The first-order valence-electron chi connectivity index (χ1n) is 5.22. The zero-order valence-electron chi connectivity index (χ0n) is 8.74. The summed E-state index contributed by atoms with van der Waals surface area (Å²) in [6.45, 7) is 1.67. The van der Waals surface area contributed by atoms with E-state index in [9.17, 15) is 4.79 Å². The Hall–Kier alpha value is -0.610. The molecule has 0 aromatic heterocycles. The number of piperidine rings is 1. The zero-order chi connectivity index (χ0) is 10.4. The molecule has 14 heavy (non-hydrogen) atoms. The van der Waals surface area contributed by atoms with Gasteiger partial charge in [-0.1, -0.05) is 0 Å². The highest BCUT2D eigenvalue weighted by Gasteiger charge is 2.24. The van der Waals surface area contributed by atoms with Crippen molar-refractivity contribution < 1.29 is 14.6 Å². The van der Waals surface area contributed by atoms with E-state index in [0.717, 1.165) is 25.9 Å². The summed E-state index contributed by atoms with van der Waals surface area (Å²) in [5.74, 6) is 0.0289. The number of methoxy groups -OCH3 is 1. The standard InChI is InChI=1S/C10H19NO3/c1-14-9(5-8-12)10(13)11-6-3-2-4-7-11/h9,12H,2-8H2,1H3/t9-/m0/s1. The van der Waals surface area contributed by atoms with E-state index in [0.29, 0.717) is 6.42 Å². The van der Waals surface area contributed by atoms with Crippen LogP contribution in [-0.4, -0.2) is 48.8 Å². The molecule has 4 heteroatoms. The van der Waals surface area contributed by atoms with Crippen LogP contribution in [-0.2, 0) is 9.53 Å². The lowest BCUT2D eigenvalue weighted by atomic mass is 10.1. The fraction of sp³-hybridized carbons (Fsp3) is 0.900. The van der Waals surface area contributed by atoms with Crippen molar-refractivity contribution in [3.05, 3.63) is 0 Å². The maximum Gasteiger partial charge on any atom is 0.251 e. The van der Waals surface area contributed by atoms with Crippen molar-refractivity contribution >= 4 is 5.91 Å². The largest absolute Gasteiger partial charge is 0.396 e. The molecule has 1 fully saturated rings. The summed E-state index contributed by atoms with van der Waals surface area (Å²) in [6.07, 6.45) is 3.31. The molecule has 1 amide bonds. The van der Waals surface area contributed by atoms with Crippen molar-refractivity contribution in [2.24, 2.45) is 0 Å². The molecule has 1 aliphatic rings. The average Bonchev–Trinajstić information content (AvgIpc) is 2.26. The number of aliphatic hydroxyl groups is 1. The number of carbonyl (C=O) groups is 1. The normalized spacial score (nSPS) is 19.4. The van der Waals surface area contributed by atoms with Crippen LogP contribution in [0.4, 0.5) is 0 Å². The Bertz CT molecular complexity index is 171. The first-order chi connectivity index (χ1) is 6.79. The second kappa shape index (κ2) is 5.98. The molecule has 4 nitrogen and oxygen atoms in total. The maximum atomic E-state index is 11.8. The topological polar surface area (TPSA) is 49.8 Å². The smallest absolute Gasteiger partial charge is 0.251 e. The van der Waals surface area contributed by atoms with Gasteiger partial charge in [0.05, 0.1) is 0 Å². The second-order valence-electron chi connectivity index (χ2n) is 3.62. The Labute approximate surface area is 84.8 Å². The number of aliphatic hydroxyl groups excluding tert-OH is 1. The maximum absolute atomic E-state index is 11.8. The fourth-order valence-electron chi connectivity index (χ4n) is 1.78. The Balaban J connectivity index is 2.43. The van der Waals surface area contributed by atoms with E-state index < -0.39 is 6.10 Å². The van der Waals surface area contributed by atoms with Crippen LogP contribution in [0.1, 0.15) is 25.7 Å². The van der Waals surface area contributed by atoms with Gasteiger partial charge in [-0.3, -0.25) is 4.79 Å². The molecule has 0 radical (unpaired) electrons. The first kappa shape index (κ1) is 11.5. The van der Waals surface area contributed by atoms with Crippen molar-refractivity contribution in [2.45, 2.75) is 31.8 Å². The summed E-state index contributed by atoms with van der Waals surface area (Å²) >= 11 is 0. The van der Waals surface area contributed by atoms with Crippen LogP contribution in [0.3, 0.4) is 0 Å². The number of rotatable bonds is 4. The third-order valence-electron chi connectivity index (χ3n) is 2.62. The molecule has 1 rings (SSSR count). The minimum Gasteiger partial charge on any atom is -0.396 e. The lowest BCUT2D eigenvalue weighted by molar-refractivity contribution is -0.143. The molecule has 0 saturated carbocycles. The van der Waals surface area contributed by atoms with Crippen LogP contribution in [0.15, 0.2) is 0 Å². The van der Waals surface area contributed by atoms with Gasteiger partial charge in [-0.25, -0.2) is 0 Å². The Morgan fingerprint density at radius 1 is 1.43 bits per heavy atom. The Morgan fingerprint density at radius 2 is 2.07 bits per heavy atom. The number of nitrogens with zero attached hydrogens (tertiary/aromatic N) is 1. The summed E-state index contributed by atoms with van der Waals surface area (Å²) in [5.41, 5.74) is 0. The summed E-state index contributed by atoms with van der Waals surface area (Å²) in [5, 5.41) is 8.76. The van der Waals surface area contributed by atoms with Crippen LogP contribution in [0.5, 0.6) is 0 Å². The SMILES string of the molecule is CO[C@@H](CCO)C(=O)N1CCCCC1. The molecule has 82 valence electrons.